The number of amidine groups is 1. The molecule has 2 aromatic carbocycles. The number of benzene rings is 2. The van der Waals surface area contributed by atoms with E-state index in [1.807, 2.05) is 12.1 Å². The van der Waals surface area contributed by atoms with Crippen LogP contribution in [0.1, 0.15) is 49.8 Å². The number of hydrogen-bond acceptors (Lipinski definition) is 5. The maximum atomic E-state index is 13.1. The first-order valence-electron chi connectivity index (χ1n) is 11.8. The molecule has 9 nitrogen and oxygen atoms in total. The van der Waals surface area contributed by atoms with E-state index in [0.717, 1.165) is 38.5 Å². The van der Waals surface area contributed by atoms with Crippen LogP contribution in [0.5, 0.6) is 0 Å². The Labute approximate surface area is 210 Å². The van der Waals surface area contributed by atoms with E-state index >= 15 is 0 Å². The number of sulfonamides is 1. The van der Waals surface area contributed by atoms with Crippen LogP contribution < -0.4 is 21.5 Å². The predicted octanol–water partition coefficient (Wildman–Crippen LogP) is 4.05. The zero-order valence-corrected chi connectivity index (χ0v) is 20.6. The molecule has 2 amide bonds. The smallest absolute Gasteiger partial charge is 0.319 e. The molecule has 0 spiro atoms. The fraction of sp³-hybridized carbons (Fsp3) is 0.269. The summed E-state index contributed by atoms with van der Waals surface area (Å²) in [6, 6.07) is 16.6. The van der Waals surface area contributed by atoms with Crippen molar-refractivity contribution in [1.82, 2.24) is 10.3 Å². The number of pyridine rings is 1. The summed E-state index contributed by atoms with van der Waals surface area (Å²) in [7, 11) is -3.90. The van der Waals surface area contributed by atoms with Crippen molar-refractivity contribution in [3.05, 3.63) is 78.1 Å². The highest BCUT2D eigenvalue weighted by Gasteiger charge is 2.36. The van der Waals surface area contributed by atoms with Crippen LogP contribution in [0.3, 0.4) is 0 Å². The largest absolute Gasteiger partial charge is 0.384 e. The molecule has 10 heteroatoms. The molecular weight excluding hydrogens is 476 g/mol. The Hall–Kier alpha value is -3.76. The second kappa shape index (κ2) is 10.5. The molecule has 0 aliphatic heterocycles. The van der Waals surface area contributed by atoms with Gasteiger partial charge in [0.05, 0.1) is 16.1 Å². The lowest BCUT2D eigenvalue weighted by Crippen LogP contribution is -2.48. The van der Waals surface area contributed by atoms with E-state index in [4.69, 9.17) is 21.3 Å². The number of anilines is 1. The third kappa shape index (κ3) is 5.72. The molecule has 0 radical (unpaired) electrons. The summed E-state index contributed by atoms with van der Waals surface area (Å²) in [5.74, 6) is -0.0763. The van der Waals surface area contributed by atoms with E-state index in [2.05, 4.69) is 10.6 Å². The van der Waals surface area contributed by atoms with Gasteiger partial charge >= 0.3 is 6.03 Å². The van der Waals surface area contributed by atoms with Crippen molar-refractivity contribution in [2.75, 3.05) is 5.32 Å². The molecule has 1 heterocycles. The monoisotopic (exact) mass is 506 g/mol. The van der Waals surface area contributed by atoms with Crippen molar-refractivity contribution in [2.45, 2.75) is 49.0 Å². The number of nitrogens with zero attached hydrogens (tertiary/aromatic N) is 1. The molecule has 1 aliphatic carbocycles. The third-order valence-corrected chi connectivity index (χ3v) is 7.47. The lowest BCUT2D eigenvalue weighted by Gasteiger charge is -2.33. The summed E-state index contributed by atoms with van der Waals surface area (Å²) in [5.41, 5.74) is 7.77. The normalized spacial score (nSPS) is 15.5. The topological polar surface area (TPSA) is 164 Å². The van der Waals surface area contributed by atoms with Gasteiger partial charge in [-0.25, -0.2) is 18.4 Å². The number of carbonyl (C=O) groups excluding carboxylic acids is 1. The van der Waals surface area contributed by atoms with E-state index < -0.39 is 15.6 Å². The van der Waals surface area contributed by atoms with Gasteiger partial charge in [0.25, 0.3) is 0 Å². The number of primary sulfonamides is 1. The van der Waals surface area contributed by atoms with Gasteiger partial charge in [0.15, 0.2) is 0 Å². The van der Waals surface area contributed by atoms with Crippen LogP contribution in [0.4, 0.5) is 10.5 Å². The molecule has 7 N–H and O–H groups in total. The van der Waals surface area contributed by atoms with Crippen LogP contribution in [0.2, 0.25) is 0 Å². The van der Waals surface area contributed by atoms with Gasteiger partial charge in [-0.2, -0.15) is 0 Å². The molecule has 4 rings (SSSR count). The van der Waals surface area contributed by atoms with Gasteiger partial charge in [0.2, 0.25) is 10.0 Å². The van der Waals surface area contributed by atoms with Crippen molar-refractivity contribution in [3.8, 4) is 11.1 Å². The fourth-order valence-electron chi connectivity index (χ4n) is 4.71. The number of aromatic nitrogens is 1. The number of nitrogens with two attached hydrogens (primary N) is 2. The van der Waals surface area contributed by atoms with Gasteiger partial charge in [-0.05, 0) is 37.1 Å². The summed E-state index contributed by atoms with van der Waals surface area (Å²) in [6.07, 6.45) is 7.12. The zero-order valence-electron chi connectivity index (χ0n) is 19.8. The van der Waals surface area contributed by atoms with Gasteiger partial charge in [-0.3, -0.25) is 10.4 Å². The first-order valence-corrected chi connectivity index (χ1v) is 13.3. The molecule has 36 heavy (non-hydrogen) atoms. The highest BCUT2D eigenvalue weighted by molar-refractivity contribution is 7.89. The van der Waals surface area contributed by atoms with E-state index in [0.29, 0.717) is 28.1 Å². The van der Waals surface area contributed by atoms with Gasteiger partial charge < -0.3 is 16.4 Å². The SMILES string of the molecule is N=C(N)c1cccc(NC(=O)NC2(c3ccc(-c4ccccc4S(N)(=O)=O)cn3)CCCCCC2)c1. The predicted molar refractivity (Wildman–Crippen MR) is 140 cm³/mol. The van der Waals surface area contributed by atoms with E-state index in [1.54, 1.807) is 48.7 Å². The minimum absolute atomic E-state index is 0.0361. The number of rotatable bonds is 6. The molecule has 0 atom stereocenters. The van der Waals surface area contributed by atoms with E-state index in [1.165, 1.54) is 6.07 Å². The molecule has 1 saturated carbocycles. The average Bonchev–Trinajstić information content (AvgIpc) is 3.10. The number of hydrogen-bond donors (Lipinski definition) is 5. The van der Waals surface area contributed by atoms with Crippen LogP contribution in [0, 0.1) is 5.41 Å². The lowest BCUT2D eigenvalue weighted by molar-refractivity contribution is 0.227. The Morgan fingerprint density at radius 2 is 1.69 bits per heavy atom. The van der Waals surface area contributed by atoms with Crippen LogP contribution in [-0.4, -0.2) is 25.3 Å². The van der Waals surface area contributed by atoms with Crippen molar-refractivity contribution in [1.29, 1.82) is 5.41 Å². The highest BCUT2D eigenvalue weighted by atomic mass is 32.2. The number of urea groups is 1. The van der Waals surface area contributed by atoms with Crippen LogP contribution in [-0.2, 0) is 15.6 Å². The molecule has 0 unspecified atom stereocenters. The maximum Gasteiger partial charge on any atom is 0.319 e. The molecule has 1 fully saturated rings. The number of nitrogens with one attached hydrogen (secondary N) is 3. The first kappa shape index (κ1) is 25.3. The van der Waals surface area contributed by atoms with Crippen LogP contribution in [0.15, 0.2) is 71.8 Å². The fourth-order valence-corrected chi connectivity index (χ4v) is 5.47. The summed E-state index contributed by atoms with van der Waals surface area (Å²) >= 11 is 0. The van der Waals surface area contributed by atoms with Gasteiger partial charge in [0, 0.05) is 28.6 Å². The van der Waals surface area contributed by atoms with Crippen molar-refractivity contribution in [3.63, 3.8) is 0 Å². The zero-order chi connectivity index (χ0) is 25.8. The number of amides is 2. The molecule has 1 aliphatic rings. The van der Waals surface area contributed by atoms with E-state index in [9.17, 15) is 13.2 Å². The van der Waals surface area contributed by atoms with E-state index in [-0.39, 0.29) is 16.8 Å². The van der Waals surface area contributed by atoms with Crippen LogP contribution in [0.25, 0.3) is 11.1 Å². The minimum atomic E-state index is -3.90. The second-order valence-corrected chi connectivity index (χ2v) is 10.6. The van der Waals surface area contributed by atoms with Crippen LogP contribution >= 0.6 is 0 Å². The Morgan fingerprint density at radius 1 is 0.972 bits per heavy atom. The first-order chi connectivity index (χ1) is 17.2. The second-order valence-electron chi connectivity index (χ2n) is 9.04. The van der Waals surface area contributed by atoms with Gasteiger partial charge in [-0.15, -0.1) is 0 Å². The van der Waals surface area contributed by atoms with Gasteiger partial charge in [0.1, 0.15) is 5.84 Å². The average molecular weight is 507 g/mol. The standard InChI is InChI=1S/C26H30N6O3S/c27-24(28)18-8-7-9-20(16-18)31-25(33)32-26(14-5-1-2-6-15-26)23-13-12-19(17-30-23)21-10-3-4-11-22(21)36(29,34)35/h3-4,7-13,16-17H,1-2,5-6,14-15H2,(H3,27,28)(H2,29,34,35)(H2,31,32,33). The van der Waals surface area contributed by atoms with Crippen molar-refractivity contribution >= 4 is 27.6 Å². The Bertz CT molecular complexity index is 1360. The Balaban J connectivity index is 1.62. The molecular formula is C26H30N6O3S. The molecule has 188 valence electrons. The van der Waals surface area contributed by atoms with Crippen molar-refractivity contribution in [2.24, 2.45) is 10.9 Å². The molecule has 0 saturated heterocycles. The minimum Gasteiger partial charge on any atom is -0.384 e. The molecule has 3 aromatic rings. The third-order valence-electron chi connectivity index (χ3n) is 6.50. The quantitative estimate of drug-likeness (QED) is 0.193. The summed E-state index contributed by atoms with van der Waals surface area (Å²) in [6.45, 7) is 0. The number of carbonyl (C=O) groups is 1. The summed E-state index contributed by atoms with van der Waals surface area (Å²) in [5, 5.41) is 19.0. The lowest BCUT2D eigenvalue weighted by atomic mass is 9.86. The molecule has 1 aromatic heterocycles. The van der Waals surface area contributed by atoms with Crippen molar-refractivity contribution < 1.29 is 13.2 Å². The number of nitrogen functional groups attached to an aromatic ring is 1. The Morgan fingerprint density at radius 3 is 2.33 bits per heavy atom. The summed E-state index contributed by atoms with van der Waals surface area (Å²) < 4.78 is 24.1. The Kier molecular flexibility index (Phi) is 7.37. The van der Waals surface area contributed by atoms with Gasteiger partial charge in [-0.1, -0.05) is 62.1 Å². The highest BCUT2D eigenvalue weighted by Crippen LogP contribution is 2.36. The molecule has 0 bridgehead atoms. The summed E-state index contributed by atoms with van der Waals surface area (Å²) in [4.78, 5) is 17.8. The maximum absolute atomic E-state index is 13.1.